The lowest BCUT2D eigenvalue weighted by Gasteiger charge is -2.07. The standard InChI is InChI=1S/C12H11Cl2N3/c1-2-8-3-5-9(6-4-8)16-11-10(13)7-15-12(14)17-11/h3-7H,2H2,1H3,(H,15,16,17). The van der Waals surface area contributed by atoms with E-state index in [2.05, 4.69) is 34.3 Å². The molecule has 17 heavy (non-hydrogen) atoms. The smallest absolute Gasteiger partial charge is 0.224 e. The third-order valence-corrected chi connectivity index (χ3v) is 2.80. The van der Waals surface area contributed by atoms with Crippen molar-refractivity contribution in [2.45, 2.75) is 13.3 Å². The molecule has 1 aromatic carbocycles. The van der Waals surface area contributed by atoms with Gasteiger partial charge in [0.15, 0.2) is 5.82 Å². The van der Waals surface area contributed by atoms with Crippen LogP contribution in [0.5, 0.6) is 0 Å². The maximum absolute atomic E-state index is 5.96. The third kappa shape index (κ3) is 3.08. The van der Waals surface area contributed by atoms with Crippen LogP contribution in [-0.4, -0.2) is 9.97 Å². The maximum Gasteiger partial charge on any atom is 0.224 e. The minimum Gasteiger partial charge on any atom is -0.339 e. The van der Waals surface area contributed by atoms with Crippen molar-refractivity contribution in [3.63, 3.8) is 0 Å². The highest BCUT2D eigenvalue weighted by atomic mass is 35.5. The summed E-state index contributed by atoms with van der Waals surface area (Å²) in [4.78, 5) is 7.81. The van der Waals surface area contributed by atoms with Gasteiger partial charge in [0.25, 0.3) is 0 Å². The van der Waals surface area contributed by atoms with Gasteiger partial charge in [0.05, 0.1) is 6.20 Å². The lowest BCUT2D eigenvalue weighted by Crippen LogP contribution is -1.96. The number of nitrogens with zero attached hydrogens (tertiary/aromatic N) is 2. The van der Waals surface area contributed by atoms with Crippen LogP contribution in [0.25, 0.3) is 0 Å². The van der Waals surface area contributed by atoms with Crippen molar-refractivity contribution in [3.05, 3.63) is 46.3 Å². The van der Waals surface area contributed by atoms with Crippen LogP contribution in [0.15, 0.2) is 30.5 Å². The van der Waals surface area contributed by atoms with Crippen molar-refractivity contribution in [3.8, 4) is 0 Å². The molecule has 5 heteroatoms. The van der Waals surface area contributed by atoms with Gasteiger partial charge in [0.1, 0.15) is 5.02 Å². The van der Waals surface area contributed by atoms with Crippen molar-refractivity contribution >= 4 is 34.7 Å². The number of aryl methyl sites for hydroxylation is 1. The number of nitrogens with one attached hydrogen (secondary N) is 1. The Morgan fingerprint density at radius 2 is 1.88 bits per heavy atom. The Kier molecular flexibility index (Phi) is 3.82. The molecule has 0 atom stereocenters. The molecule has 0 aliphatic carbocycles. The first-order valence-corrected chi connectivity index (χ1v) is 5.98. The average Bonchev–Trinajstić information content (AvgIpc) is 2.35. The molecule has 2 aromatic rings. The average molecular weight is 268 g/mol. The maximum atomic E-state index is 5.96. The number of anilines is 2. The molecule has 0 fully saturated rings. The van der Waals surface area contributed by atoms with E-state index in [1.54, 1.807) is 0 Å². The summed E-state index contributed by atoms with van der Waals surface area (Å²) in [6.45, 7) is 2.11. The molecule has 1 heterocycles. The fraction of sp³-hybridized carbons (Fsp3) is 0.167. The molecule has 88 valence electrons. The van der Waals surface area contributed by atoms with E-state index < -0.39 is 0 Å². The van der Waals surface area contributed by atoms with E-state index in [-0.39, 0.29) is 5.28 Å². The van der Waals surface area contributed by atoms with Gasteiger partial charge in [-0.1, -0.05) is 30.7 Å². The zero-order valence-electron chi connectivity index (χ0n) is 9.24. The summed E-state index contributed by atoms with van der Waals surface area (Å²) in [5, 5.41) is 3.70. The second-order valence-electron chi connectivity index (χ2n) is 3.51. The molecule has 0 bridgehead atoms. The van der Waals surface area contributed by atoms with Gasteiger partial charge in [-0.2, -0.15) is 4.98 Å². The van der Waals surface area contributed by atoms with Crippen molar-refractivity contribution in [2.75, 3.05) is 5.32 Å². The number of hydrogen-bond donors (Lipinski definition) is 1. The topological polar surface area (TPSA) is 37.8 Å². The van der Waals surface area contributed by atoms with Crippen molar-refractivity contribution in [2.24, 2.45) is 0 Å². The van der Waals surface area contributed by atoms with E-state index >= 15 is 0 Å². The molecule has 2 rings (SSSR count). The third-order valence-electron chi connectivity index (χ3n) is 2.34. The first-order valence-electron chi connectivity index (χ1n) is 5.23. The Labute approximate surface area is 110 Å². The fourth-order valence-corrected chi connectivity index (χ4v) is 1.67. The number of halogens is 2. The Bertz CT molecular complexity index is 512. The second kappa shape index (κ2) is 5.34. The van der Waals surface area contributed by atoms with E-state index in [1.165, 1.54) is 11.8 Å². The van der Waals surface area contributed by atoms with Gasteiger partial charge in [0.2, 0.25) is 5.28 Å². The van der Waals surface area contributed by atoms with E-state index in [1.807, 2.05) is 12.1 Å². The van der Waals surface area contributed by atoms with Gasteiger partial charge >= 0.3 is 0 Å². The first kappa shape index (κ1) is 12.1. The summed E-state index contributed by atoms with van der Waals surface area (Å²) in [6, 6.07) is 8.06. The predicted molar refractivity (Wildman–Crippen MR) is 71.2 cm³/mol. The highest BCUT2D eigenvalue weighted by molar-refractivity contribution is 6.33. The molecule has 1 aromatic heterocycles. The first-order chi connectivity index (χ1) is 8.19. The summed E-state index contributed by atoms with van der Waals surface area (Å²) in [5.41, 5.74) is 2.20. The quantitative estimate of drug-likeness (QED) is 0.852. The normalized spacial score (nSPS) is 10.3. The number of hydrogen-bond acceptors (Lipinski definition) is 3. The summed E-state index contributed by atoms with van der Waals surface area (Å²) in [5.74, 6) is 0.510. The summed E-state index contributed by atoms with van der Waals surface area (Å²) in [6.07, 6.45) is 2.49. The molecule has 0 saturated heterocycles. The van der Waals surface area contributed by atoms with Crippen LogP contribution in [0, 0.1) is 0 Å². The van der Waals surface area contributed by atoms with Gasteiger partial charge in [-0.25, -0.2) is 4.98 Å². The molecule has 3 nitrogen and oxygen atoms in total. The van der Waals surface area contributed by atoms with E-state index in [9.17, 15) is 0 Å². The fourth-order valence-electron chi connectivity index (χ4n) is 1.39. The molecule has 0 spiro atoms. The van der Waals surface area contributed by atoms with Crippen LogP contribution >= 0.6 is 23.2 Å². The van der Waals surface area contributed by atoms with Gasteiger partial charge < -0.3 is 5.32 Å². The van der Waals surface area contributed by atoms with Gasteiger partial charge in [0, 0.05) is 5.69 Å². The molecule has 0 amide bonds. The number of aromatic nitrogens is 2. The van der Waals surface area contributed by atoms with Crippen LogP contribution in [0.4, 0.5) is 11.5 Å². The van der Waals surface area contributed by atoms with E-state index in [4.69, 9.17) is 23.2 Å². The predicted octanol–water partition coefficient (Wildman–Crippen LogP) is 4.09. The van der Waals surface area contributed by atoms with Crippen LogP contribution in [0.1, 0.15) is 12.5 Å². The SMILES string of the molecule is CCc1ccc(Nc2nc(Cl)ncc2Cl)cc1. The van der Waals surface area contributed by atoms with E-state index in [0.717, 1.165) is 12.1 Å². The summed E-state index contributed by atoms with van der Waals surface area (Å²) >= 11 is 11.7. The monoisotopic (exact) mass is 267 g/mol. The molecule has 0 unspecified atom stereocenters. The summed E-state index contributed by atoms with van der Waals surface area (Å²) < 4.78 is 0. The molecule has 0 aliphatic rings. The van der Waals surface area contributed by atoms with Crippen molar-refractivity contribution in [1.29, 1.82) is 0 Å². The van der Waals surface area contributed by atoms with E-state index in [0.29, 0.717) is 10.8 Å². The Morgan fingerprint density at radius 1 is 1.18 bits per heavy atom. The van der Waals surface area contributed by atoms with Crippen LogP contribution in [0.3, 0.4) is 0 Å². The molecule has 0 aliphatic heterocycles. The van der Waals surface area contributed by atoms with Crippen LogP contribution in [0.2, 0.25) is 10.3 Å². The number of rotatable bonds is 3. The molecular weight excluding hydrogens is 257 g/mol. The highest BCUT2D eigenvalue weighted by Crippen LogP contribution is 2.23. The lowest BCUT2D eigenvalue weighted by atomic mass is 10.1. The van der Waals surface area contributed by atoms with Crippen LogP contribution in [-0.2, 0) is 6.42 Å². The van der Waals surface area contributed by atoms with Gasteiger partial charge in [-0.3, -0.25) is 0 Å². The zero-order chi connectivity index (χ0) is 12.3. The van der Waals surface area contributed by atoms with Crippen molar-refractivity contribution < 1.29 is 0 Å². The largest absolute Gasteiger partial charge is 0.339 e. The minimum atomic E-state index is 0.169. The zero-order valence-corrected chi connectivity index (χ0v) is 10.8. The molecule has 0 radical (unpaired) electrons. The molecule has 1 N–H and O–H groups in total. The summed E-state index contributed by atoms with van der Waals surface area (Å²) in [7, 11) is 0. The minimum absolute atomic E-state index is 0.169. The lowest BCUT2D eigenvalue weighted by molar-refractivity contribution is 1.14. The van der Waals surface area contributed by atoms with Crippen LogP contribution < -0.4 is 5.32 Å². The number of benzene rings is 1. The highest BCUT2D eigenvalue weighted by Gasteiger charge is 2.04. The Morgan fingerprint density at radius 3 is 2.53 bits per heavy atom. The van der Waals surface area contributed by atoms with Gasteiger partial charge in [-0.05, 0) is 35.7 Å². The second-order valence-corrected chi connectivity index (χ2v) is 4.26. The Balaban J connectivity index is 2.22. The Hall–Kier alpha value is -1.32. The van der Waals surface area contributed by atoms with Crippen molar-refractivity contribution in [1.82, 2.24) is 9.97 Å². The van der Waals surface area contributed by atoms with Gasteiger partial charge in [-0.15, -0.1) is 0 Å². The molecular formula is C12H11Cl2N3. The molecule has 0 saturated carbocycles.